The van der Waals surface area contributed by atoms with Gasteiger partial charge in [0, 0.05) is 6.20 Å². The number of esters is 1. The number of nitrogens with zero attached hydrogens (tertiary/aromatic N) is 6. The van der Waals surface area contributed by atoms with Crippen LogP contribution in [0.1, 0.15) is 10.5 Å². The summed E-state index contributed by atoms with van der Waals surface area (Å²) in [5.41, 5.74) is 0.920. The Morgan fingerprint density at radius 1 is 1.14 bits per heavy atom. The number of rotatable bonds is 3. The number of hydrogen-bond acceptors (Lipinski definition) is 7. The number of carbonyl (C=O) groups is 1. The summed E-state index contributed by atoms with van der Waals surface area (Å²) in [7, 11) is 1.29. The molecule has 0 N–H and O–H groups in total. The normalized spacial score (nSPS) is 10.3. The first-order valence-electron chi connectivity index (χ1n) is 6.03. The standard InChI is InChI=1S/C13H10N6O2/c1-21-13(20)12-11(9-4-2-3-5-14-9)18-10(8-15-12)19-16-6-7-17-19/h2-8H,1H3. The highest BCUT2D eigenvalue weighted by molar-refractivity contribution is 5.93. The van der Waals surface area contributed by atoms with Gasteiger partial charge in [-0.3, -0.25) is 4.98 Å². The van der Waals surface area contributed by atoms with Crippen molar-refractivity contribution in [2.75, 3.05) is 7.11 Å². The quantitative estimate of drug-likeness (QED) is 0.658. The smallest absolute Gasteiger partial charge is 0.359 e. The number of pyridine rings is 1. The van der Waals surface area contributed by atoms with Crippen molar-refractivity contribution in [3.63, 3.8) is 0 Å². The van der Waals surface area contributed by atoms with Crippen LogP contribution in [-0.2, 0) is 4.74 Å². The molecule has 0 saturated carbocycles. The summed E-state index contributed by atoms with van der Waals surface area (Å²) in [5.74, 6) is -0.198. The van der Waals surface area contributed by atoms with Gasteiger partial charge < -0.3 is 4.74 Å². The second-order valence-corrected chi connectivity index (χ2v) is 3.95. The van der Waals surface area contributed by atoms with Crippen LogP contribution in [0.2, 0.25) is 0 Å². The average Bonchev–Trinajstić information content (AvgIpc) is 3.09. The molecule has 0 bridgehead atoms. The van der Waals surface area contributed by atoms with E-state index in [-0.39, 0.29) is 5.69 Å². The maximum atomic E-state index is 11.8. The van der Waals surface area contributed by atoms with Gasteiger partial charge in [0.25, 0.3) is 0 Å². The SMILES string of the molecule is COC(=O)c1ncc(-n2nccn2)nc1-c1ccccn1. The number of ether oxygens (including phenoxy) is 1. The van der Waals surface area contributed by atoms with E-state index < -0.39 is 5.97 Å². The predicted molar refractivity (Wildman–Crippen MR) is 71.5 cm³/mol. The average molecular weight is 282 g/mol. The molecule has 0 aliphatic heterocycles. The number of hydrogen-bond donors (Lipinski definition) is 0. The zero-order valence-electron chi connectivity index (χ0n) is 11.0. The second kappa shape index (κ2) is 5.45. The highest BCUT2D eigenvalue weighted by atomic mass is 16.5. The first-order chi connectivity index (χ1) is 10.3. The lowest BCUT2D eigenvalue weighted by atomic mass is 10.2. The first-order valence-corrected chi connectivity index (χ1v) is 6.03. The molecule has 8 heteroatoms. The van der Waals surface area contributed by atoms with Crippen molar-refractivity contribution in [3.8, 4) is 17.2 Å². The van der Waals surface area contributed by atoms with E-state index in [1.54, 1.807) is 24.4 Å². The summed E-state index contributed by atoms with van der Waals surface area (Å²) in [5, 5.41) is 7.96. The Labute approximate surface area is 119 Å². The van der Waals surface area contributed by atoms with Gasteiger partial charge in [-0.1, -0.05) is 6.07 Å². The van der Waals surface area contributed by atoms with E-state index in [9.17, 15) is 4.79 Å². The maximum absolute atomic E-state index is 11.8. The molecule has 3 aromatic rings. The highest BCUT2D eigenvalue weighted by Crippen LogP contribution is 2.19. The van der Waals surface area contributed by atoms with Crippen molar-refractivity contribution in [1.82, 2.24) is 29.9 Å². The molecule has 3 rings (SSSR count). The van der Waals surface area contributed by atoms with Gasteiger partial charge in [0.05, 0.1) is 31.4 Å². The molecule has 3 aromatic heterocycles. The van der Waals surface area contributed by atoms with E-state index in [4.69, 9.17) is 4.74 Å². The van der Waals surface area contributed by atoms with Gasteiger partial charge in [-0.05, 0) is 12.1 Å². The van der Waals surface area contributed by atoms with Crippen LogP contribution in [0.5, 0.6) is 0 Å². The molecule has 0 amide bonds. The Bertz CT molecular complexity index is 758. The van der Waals surface area contributed by atoms with Crippen LogP contribution in [0.3, 0.4) is 0 Å². The third-order valence-corrected chi connectivity index (χ3v) is 2.67. The van der Waals surface area contributed by atoms with Crippen molar-refractivity contribution in [1.29, 1.82) is 0 Å². The van der Waals surface area contributed by atoms with Crippen LogP contribution >= 0.6 is 0 Å². The summed E-state index contributed by atoms with van der Waals surface area (Å²) in [4.78, 5) is 25.8. The number of aromatic nitrogens is 6. The van der Waals surface area contributed by atoms with Crippen molar-refractivity contribution in [3.05, 3.63) is 48.7 Å². The lowest BCUT2D eigenvalue weighted by Gasteiger charge is -2.07. The van der Waals surface area contributed by atoms with E-state index in [1.165, 1.54) is 30.5 Å². The minimum Gasteiger partial charge on any atom is -0.464 e. The third kappa shape index (κ3) is 2.46. The van der Waals surface area contributed by atoms with E-state index in [0.29, 0.717) is 17.2 Å². The van der Waals surface area contributed by atoms with Gasteiger partial charge in [0.1, 0.15) is 5.69 Å². The van der Waals surface area contributed by atoms with E-state index in [1.807, 2.05) is 0 Å². The van der Waals surface area contributed by atoms with Gasteiger partial charge in [-0.2, -0.15) is 10.2 Å². The largest absolute Gasteiger partial charge is 0.464 e. The highest BCUT2D eigenvalue weighted by Gasteiger charge is 2.19. The molecular formula is C13H10N6O2. The predicted octanol–water partition coefficient (Wildman–Crippen LogP) is 0.906. The molecule has 8 nitrogen and oxygen atoms in total. The zero-order valence-corrected chi connectivity index (χ0v) is 11.0. The molecule has 0 aromatic carbocycles. The minimum absolute atomic E-state index is 0.0899. The molecular weight excluding hydrogens is 272 g/mol. The fourth-order valence-corrected chi connectivity index (χ4v) is 1.74. The molecule has 0 unspecified atom stereocenters. The molecule has 21 heavy (non-hydrogen) atoms. The molecule has 104 valence electrons. The van der Waals surface area contributed by atoms with Gasteiger partial charge in [-0.15, -0.1) is 4.80 Å². The van der Waals surface area contributed by atoms with Crippen LogP contribution in [0.15, 0.2) is 43.0 Å². The van der Waals surface area contributed by atoms with Crippen LogP contribution in [-0.4, -0.2) is 43.0 Å². The van der Waals surface area contributed by atoms with Crippen molar-refractivity contribution in [2.45, 2.75) is 0 Å². The molecule has 3 heterocycles. The molecule has 0 aliphatic rings. The minimum atomic E-state index is -0.580. The summed E-state index contributed by atoms with van der Waals surface area (Å²) in [6.45, 7) is 0. The lowest BCUT2D eigenvalue weighted by Crippen LogP contribution is -2.12. The van der Waals surface area contributed by atoms with Crippen LogP contribution in [0, 0.1) is 0 Å². The van der Waals surface area contributed by atoms with Crippen molar-refractivity contribution < 1.29 is 9.53 Å². The lowest BCUT2D eigenvalue weighted by molar-refractivity contribution is 0.0594. The van der Waals surface area contributed by atoms with Crippen molar-refractivity contribution >= 4 is 5.97 Å². The summed E-state index contributed by atoms with van der Waals surface area (Å²) >= 11 is 0. The van der Waals surface area contributed by atoms with Crippen molar-refractivity contribution in [2.24, 2.45) is 0 Å². The summed E-state index contributed by atoms with van der Waals surface area (Å²) in [6.07, 6.45) is 6.06. The van der Waals surface area contributed by atoms with Crippen LogP contribution in [0.4, 0.5) is 0 Å². The molecule has 0 fully saturated rings. The molecule has 0 atom stereocenters. The van der Waals surface area contributed by atoms with Gasteiger partial charge in [0.2, 0.25) is 0 Å². The first kappa shape index (κ1) is 12.9. The monoisotopic (exact) mass is 282 g/mol. The van der Waals surface area contributed by atoms with Gasteiger partial charge in [0.15, 0.2) is 11.5 Å². The number of methoxy groups -OCH3 is 1. The Kier molecular flexibility index (Phi) is 3.34. The van der Waals surface area contributed by atoms with E-state index >= 15 is 0 Å². The van der Waals surface area contributed by atoms with Gasteiger partial charge in [-0.25, -0.2) is 14.8 Å². The number of carbonyl (C=O) groups excluding carboxylic acids is 1. The van der Waals surface area contributed by atoms with Crippen LogP contribution in [0.25, 0.3) is 17.2 Å². The summed E-state index contributed by atoms with van der Waals surface area (Å²) < 4.78 is 4.72. The fraction of sp³-hybridized carbons (Fsp3) is 0.0769. The Hall–Kier alpha value is -3.16. The third-order valence-electron chi connectivity index (χ3n) is 2.67. The maximum Gasteiger partial charge on any atom is 0.359 e. The Balaban J connectivity index is 2.17. The summed E-state index contributed by atoms with van der Waals surface area (Å²) in [6, 6.07) is 5.30. The second-order valence-electron chi connectivity index (χ2n) is 3.95. The zero-order chi connectivity index (χ0) is 14.7. The molecule has 0 aliphatic carbocycles. The fourth-order valence-electron chi connectivity index (χ4n) is 1.74. The van der Waals surface area contributed by atoms with E-state index in [0.717, 1.165) is 0 Å². The molecule has 0 spiro atoms. The molecule has 0 radical (unpaired) electrons. The Morgan fingerprint density at radius 2 is 1.95 bits per heavy atom. The topological polar surface area (TPSA) is 95.7 Å². The Morgan fingerprint density at radius 3 is 2.62 bits per heavy atom. The van der Waals surface area contributed by atoms with Crippen LogP contribution < -0.4 is 0 Å². The molecule has 0 saturated heterocycles. The van der Waals surface area contributed by atoms with E-state index in [2.05, 4.69) is 25.1 Å². The van der Waals surface area contributed by atoms with Gasteiger partial charge >= 0.3 is 5.97 Å².